The van der Waals surface area contributed by atoms with Gasteiger partial charge in [0.15, 0.2) is 5.43 Å². The average Bonchev–Trinajstić information content (AvgIpc) is 2.18. The molecule has 0 bridgehead atoms. The number of hydrogen-bond donors (Lipinski definition) is 2. The third-order valence-electron chi connectivity index (χ3n) is 1.68. The molecule has 76 valence electrons. The number of pyridine rings is 1. The van der Waals surface area contributed by atoms with Crippen LogP contribution < -0.4 is 10.7 Å². The normalized spacial score (nSPS) is 12.1. The van der Waals surface area contributed by atoms with Crippen molar-refractivity contribution in [2.45, 2.75) is 13.0 Å². The molecule has 1 aromatic rings. The van der Waals surface area contributed by atoms with Crippen molar-refractivity contribution >= 4 is 21.8 Å². The van der Waals surface area contributed by atoms with Gasteiger partial charge in [0.1, 0.15) is 5.56 Å². The predicted octanol–water partition coefficient (Wildman–Crippen LogP) is 0.888. The van der Waals surface area contributed by atoms with Gasteiger partial charge in [0, 0.05) is 29.8 Å². The Hall–Kier alpha value is -1.10. The van der Waals surface area contributed by atoms with Crippen LogP contribution in [0.4, 0.5) is 0 Å². The summed E-state index contributed by atoms with van der Waals surface area (Å²) in [6, 6.07) is 1.33. The number of carbonyl (C=O) groups excluding carboxylic acids is 1. The maximum Gasteiger partial charge on any atom is 0.256 e. The number of rotatable bonds is 3. The third kappa shape index (κ3) is 2.70. The molecule has 0 spiro atoms. The van der Waals surface area contributed by atoms with E-state index in [1.807, 2.05) is 6.92 Å². The second-order valence-electron chi connectivity index (χ2n) is 2.95. The molecule has 4 nitrogen and oxygen atoms in total. The zero-order valence-corrected chi connectivity index (χ0v) is 9.30. The summed E-state index contributed by atoms with van der Waals surface area (Å²) in [5, 5.41) is 3.34. The molecule has 1 atom stereocenters. The van der Waals surface area contributed by atoms with E-state index in [2.05, 4.69) is 26.2 Å². The lowest BCUT2D eigenvalue weighted by atomic mass is 10.2. The summed E-state index contributed by atoms with van der Waals surface area (Å²) in [5.41, 5.74) is -0.136. The van der Waals surface area contributed by atoms with Crippen LogP contribution in [0.2, 0.25) is 0 Å². The smallest absolute Gasteiger partial charge is 0.256 e. The highest BCUT2D eigenvalue weighted by atomic mass is 79.9. The molecule has 5 heteroatoms. The number of halogens is 1. The number of alkyl halides is 1. The predicted molar refractivity (Wildman–Crippen MR) is 57.8 cm³/mol. The summed E-state index contributed by atoms with van der Waals surface area (Å²) in [5.74, 6) is -0.348. The SMILES string of the molecule is CC(CBr)NC(=O)c1c[nH]ccc1=O. The van der Waals surface area contributed by atoms with E-state index < -0.39 is 0 Å². The Bertz CT molecular complexity index is 375. The first-order valence-corrected chi connectivity index (χ1v) is 5.31. The van der Waals surface area contributed by atoms with Crippen LogP contribution in [-0.4, -0.2) is 22.3 Å². The summed E-state index contributed by atoms with van der Waals surface area (Å²) < 4.78 is 0. The summed E-state index contributed by atoms with van der Waals surface area (Å²) in [4.78, 5) is 25.4. The molecule has 1 unspecified atom stereocenters. The van der Waals surface area contributed by atoms with Gasteiger partial charge < -0.3 is 10.3 Å². The topological polar surface area (TPSA) is 62.0 Å². The van der Waals surface area contributed by atoms with Crippen molar-refractivity contribution < 1.29 is 4.79 Å². The van der Waals surface area contributed by atoms with Crippen LogP contribution in [0.5, 0.6) is 0 Å². The molecule has 0 aliphatic heterocycles. The Balaban J connectivity index is 2.80. The van der Waals surface area contributed by atoms with Crippen LogP contribution in [0.15, 0.2) is 23.3 Å². The summed E-state index contributed by atoms with van der Waals surface area (Å²) in [7, 11) is 0. The van der Waals surface area contributed by atoms with Crippen molar-refractivity contribution in [3.63, 3.8) is 0 Å². The molecule has 1 aromatic heterocycles. The molecule has 0 aromatic carbocycles. The molecule has 1 rings (SSSR count). The molecular formula is C9H11BrN2O2. The van der Waals surface area contributed by atoms with Gasteiger partial charge in [0.25, 0.3) is 5.91 Å². The highest BCUT2D eigenvalue weighted by molar-refractivity contribution is 9.09. The second kappa shape index (κ2) is 4.95. The van der Waals surface area contributed by atoms with Gasteiger partial charge in [-0.15, -0.1) is 0 Å². The molecule has 0 aliphatic rings. The van der Waals surface area contributed by atoms with Gasteiger partial charge in [-0.1, -0.05) is 15.9 Å². The van der Waals surface area contributed by atoms with Crippen LogP contribution in [-0.2, 0) is 0 Å². The molecule has 1 heterocycles. The quantitative estimate of drug-likeness (QED) is 0.792. The first-order valence-electron chi connectivity index (χ1n) is 4.19. The van der Waals surface area contributed by atoms with Gasteiger partial charge in [-0.2, -0.15) is 0 Å². The summed E-state index contributed by atoms with van der Waals surface area (Å²) >= 11 is 3.23. The Kier molecular flexibility index (Phi) is 3.88. The van der Waals surface area contributed by atoms with Crippen molar-refractivity contribution in [3.05, 3.63) is 34.2 Å². The van der Waals surface area contributed by atoms with Gasteiger partial charge in [0.2, 0.25) is 0 Å². The Labute approximate surface area is 89.9 Å². The standard InChI is InChI=1S/C9H11BrN2O2/c1-6(4-10)12-9(14)7-5-11-3-2-8(7)13/h2-3,5-6H,4H2,1H3,(H,11,13)(H,12,14). The van der Waals surface area contributed by atoms with Crippen LogP contribution in [0.1, 0.15) is 17.3 Å². The fourth-order valence-corrected chi connectivity index (χ4v) is 1.10. The van der Waals surface area contributed by atoms with Crippen LogP contribution in [0.3, 0.4) is 0 Å². The maximum atomic E-state index is 11.5. The van der Waals surface area contributed by atoms with E-state index in [-0.39, 0.29) is 22.9 Å². The summed E-state index contributed by atoms with van der Waals surface area (Å²) in [6.07, 6.45) is 2.89. The van der Waals surface area contributed by atoms with Crippen molar-refractivity contribution in [2.75, 3.05) is 5.33 Å². The molecule has 0 saturated heterocycles. The minimum Gasteiger partial charge on any atom is -0.367 e. The number of carbonyl (C=O) groups is 1. The van der Waals surface area contributed by atoms with Crippen LogP contribution in [0.25, 0.3) is 0 Å². The zero-order chi connectivity index (χ0) is 10.6. The second-order valence-corrected chi connectivity index (χ2v) is 3.60. The first kappa shape index (κ1) is 11.0. The van der Waals surface area contributed by atoms with Crippen LogP contribution in [0, 0.1) is 0 Å². The number of H-pyrrole nitrogens is 1. The van der Waals surface area contributed by atoms with E-state index in [0.717, 1.165) is 0 Å². The highest BCUT2D eigenvalue weighted by Gasteiger charge is 2.11. The van der Waals surface area contributed by atoms with Crippen molar-refractivity contribution in [1.82, 2.24) is 10.3 Å². The molecule has 0 fully saturated rings. The molecule has 0 saturated carbocycles. The van der Waals surface area contributed by atoms with E-state index in [9.17, 15) is 9.59 Å². The van der Waals surface area contributed by atoms with Gasteiger partial charge >= 0.3 is 0 Å². The van der Waals surface area contributed by atoms with Crippen molar-refractivity contribution in [3.8, 4) is 0 Å². The number of aromatic nitrogens is 1. The fraction of sp³-hybridized carbons (Fsp3) is 0.333. The number of nitrogens with one attached hydrogen (secondary N) is 2. The number of amides is 1. The number of hydrogen-bond acceptors (Lipinski definition) is 2. The summed E-state index contributed by atoms with van der Waals surface area (Å²) in [6.45, 7) is 1.85. The Morgan fingerprint density at radius 2 is 2.43 bits per heavy atom. The minimum atomic E-state index is -0.348. The molecule has 14 heavy (non-hydrogen) atoms. The van der Waals surface area contributed by atoms with Gasteiger partial charge in [-0.25, -0.2) is 0 Å². The van der Waals surface area contributed by atoms with Crippen molar-refractivity contribution in [2.24, 2.45) is 0 Å². The van der Waals surface area contributed by atoms with Crippen LogP contribution >= 0.6 is 15.9 Å². The molecule has 0 aliphatic carbocycles. The van der Waals surface area contributed by atoms with E-state index in [0.29, 0.717) is 5.33 Å². The minimum absolute atomic E-state index is 0.00195. The lowest BCUT2D eigenvalue weighted by molar-refractivity contribution is 0.0942. The first-order chi connectivity index (χ1) is 6.65. The largest absolute Gasteiger partial charge is 0.367 e. The van der Waals surface area contributed by atoms with E-state index in [1.54, 1.807) is 0 Å². The molecule has 2 N–H and O–H groups in total. The fourth-order valence-electron chi connectivity index (χ4n) is 0.934. The molecular weight excluding hydrogens is 248 g/mol. The third-order valence-corrected chi connectivity index (χ3v) is 2.65. The van der Waals surface area contributed by atoms with Crippen molar-refractivity contribution in [1.29, 1.82) is 0 Å². The van der Waals surface area contributed by atoms with Gasteiger partial charge in [-0.3, -0.25) is 9.59 Å². The van der Waals surface area contributed by atoms with Gasteiger partial charge in [-0.05, 0) is 6.92 Å². The molecule has 1 amide bonds. The average molecular weight is 259 g/mol. The van der Waals surface area contributed by atoms with Gasteiger partial charge in [0.05, 0.1) is 0 Å². The molecule has 0 radical (unpaired) electrons. The Morgan fingerprint density at radius 1 is 1.71 bits per heavy atom. The van der Waals surface area contributed by atoms with E-state index in [4.69, 9.17) is 0 Å². The number of aromatic amines is 1. The monoisotopic (exact) mass is 258 g/mol. The Morgan fingerprint density at radius 3 is 3.00 bits per heavy atom. The zero-order valence-electron chi connectivity index (χ0n) is 7.71. The van der Waals surface area contributed by atoms with E-state index >= 15 is 0 Å². The van der Waals surface area contributed by atoms with E-state index in [1.165, 1.54) is 18.5 Å². The lowest BCUT2D eigenvalue weighted by Gasteiger charge is -2.09. The highest BCUT2D eigenvalue weighted by Crippen LogP contribution is 1.93. The lowest BCUT2D eigenvalue weighted by Crippen LogP contribution is -2.36. The maximum absolute atomic E-state index is 11.5.